The molecule has 4 heterocycles. The molecular formula is C17H23N7. The van der Waals surface area contributed by atoms with E-state index in [9.17, 15) is 0 Å². The molecule has 1 N–H and O–H groups in total. The van der Waals surface area contributed by atoms with Gasteiger partial charge in [0.15, 0.2) is 5.82 Å². The monoisotopic (exact) mass is 325 g/mol. The molecule has 0 saturated carbocycles. The Morgan fingerprint density at radius 3 is 2.88 bits per heavy atom. The van der Waals surface area contributed by atoms with Crippen LogP contribution in [0.5, 0.6) is 0 Å². The Bertz CT molecular complexity index is 831. The van der Waals surface area contributed by atoms with Crippen LogP contribution in [0.25, 0.3) is 11.5 Å². The van der Waals surface area contributed by atoms with Gasteiger partial charge in [-0.3, -0.25) is 9.36 Å². The molecule has 0 saturated heterocycles. The van der Waals surface area contributed by atoms with Gasteiger partial charge in [0.25, 0.3) is 0 Å². The van der Waals surface area contributed by atoms with E-state index in [0.29, 0.717) is 0 Å². The lowest BCUT2D eigenvalue weighted by Crippen LogP contribution is -2.28. The van der Waals surface area contributed by atoms with Gasteiger partial charge in [-0.15, -0.1) is 0 Å². The number of aryl methyl sites for hydroxylation is 2. The Kier molecular flexibility index (Phi) is 3.72. The van der Waals surface area contributed by atoms with E-state index in [4.69, 9.17) is 5.10 Å². The summed E-state index contributed by atoms with van der Waals surface area (Å²) in [6.07, 6.45) is 3.88. The maximum absolute atomic E-state index is 4.74. The first-order chi connectivity index (χ1) is 11.6. The fourth-order valence-electron chi connectivity index (χ4n) is 3.37. The van der Waals surface area contributed by atoms with E-state index in [0.717, 1.165) is 43.4 Å². The van der Waals surface area contributed by atoms with Gasteiger partial charge >= 0.3 is 0 Å². The lowest BCUT2D eigenvalue weighted by molar-refractivity contribution is 0.432. The summed E-state index contributed by atoms with van der Waals surface area (Å²) in [6.45, 7) is 9.89. The van der Waals surface area contributed by atoms with Crippen LogP contribution in [0.2, 0.25) is 0 Å². The Morgan fingerprint density at radius 2 is 2.12 bits per heavy atom. The van der Waals surface area contributed by atoms with Crippen molar-refractivity contribution in [3.8, 4) is 11.5 Å². The quantitative estimate of drug-likeness (QED) is 0.796. The van der Waals surface area contributed by atoms with Crippen molar-refractivity contribution in [1.82, 2.24) is 34.4 Å². The lowest BCUT2D eigenvalue weighted by Gasteiger charge is -2.16. The molecule has 1 aliphatic heterocycles. The predicted octanol–water partition coefficient (Wildman–Crippen LogP) is 1.92. The molecule has 0 aromatic carbocycles. The SMILES string of the molecule is Cc1cc(C)n(CC(C)n2ccnc2-c2cc3n(n2)CCNC3)n1. The summed E-state index contributed by atoms with van der Waals surface area (Å²) >= 11 is 0. The van der Waals surface area contributed by atoms with Crippen molar-refractivity contribution in [2.75, 3.05) is 6.54 Å². The minimum atomic E-state index is 0.248. The van der Waals surface area contributed by atoms with E-state index < -0.39 is 0 Å². The first-order valence-corrected chi connectivity index (χ1v) is 8.43. The van der Waals surface area contributed by atoms with Crippen LogP contribution in [0.1, 0.15) is 30.0 Å². The van der Waals surface area contributed by atoms with Gasteiger partial charge in [0.05, 0.1) is 30.5 Å². The van der Waals surface area contributed by atoms with Gasteiger partial charge < -0.3 is 9.88 Å². The second-order valence-electron chi connectivity index (χ2n) is 6.54. The third-order valence-corrected chi connectivity index (χ3v) is 4.58. The van der Waals surface area contributed by atoms with Crippen LogP contribution in [-0.2, 0) is 19.6 Å². The molecule has 0 fully saturated rings. The molecule has 7 nitrogen and oxygen atoms in total. The summed E-state index contributed by atoms with van der Waals surface area (Å²) in [6, 6.07) is 4.50. The highest BCUT2D eigenvalue weighted by Gasteiger charge is 2.18. The molecule has 0 aliphatic carbocycles. The summed E-state index contributed by atoms with van der Waals surface area (Å²) in [5.41, 5.74) is 4.40. The first-order valence-electron chi connectivity index (χ1n) is 8.43. The van der Waals surface area contributed by atoms with Gasteiger partial charge in [-0.05, 0) is 32.9 Å². The zero-order chi connectivity index (χ0) is 16.7. The molecule has 0 spiro atoms. The largest absolute Gasteiger partial charge is 0.325 e. The van der Waals surface area contributed by atoms with Gasteiger partial charge in [0.1, 0.15) is 5.69 Å². The molecule has 1 aliphatic rings. The summed E-state index contributed by atoms with van der Waals surface area (Å²) in [5.74, 6) is 0.922. The Balaban J connectivity index is 1.62. The summed E-state index contributed by atoms with van der Waals surface area (Å²) < 4.78 is 6.33. The van der Waals surface area contributed by atoms with Gasteiger partial charge in [-0.2, -0.15) is 10.2 Å². The number of rotatable bonds is 4. The van der Waals surface area contributed by atoms with Crippen LogP contribution < -0.4 is 5.32 Å². The maximum atomic E-state index is 4.74. The van der Waals surface area contributed by atoms with Gasteiger partial charge in [0.2, 0.25) is 0 Å². The van der Waals surface area contributed by atoms with Crippen LogP contribution >= 0.6 is 0 Å². The molecule has 7 heteroatoms. The van der Waals surface area contributed by atoms with E-state index in [2.05, 4.69) is 55.3 Å². The molecule has 1 atom stereocenters. The van der Waals surface area contributed by atoms with Crippen molar-refractivity contribution in [1.29, 1.82) is 0 Å². The van der Waals surface area contributed by atoms with E-state index in [-0.39, 0.29) is 6.04 Å². The number of aromatic nitrogens is 6. The first kappa shape index (κ1) is 15.1. The number of nitrogens with zero attached hydrogens (tertiary/aromatic N) is 6. The molecule has 1 unspecified atom stereocenters. The number of hydrogen-bond acceptors (Lipinski definition) is 4. The summed E-state index contributed by atoms with van der Waals surface area (Å²) in [5, 5.41) is 12.7. The lowest BCUT2D eigenvalue weighted by atomic mass is 10.2. The molecule has 126 valence electrons. The molecule has 24 heavy (non-hydrogen) atoms. The molecular weight excluding hydrogens is 302 g/mol. The molecule has 0 bridgehead atoms. The second kappa shape index (κ2) is 5.90. The number of nitrogens with one attached hydrogen (secondary N) is 1. The summed E-state index contributed by atoms with van der Waals surface area (Å²) in [7, 11) is 0. The smallest absolute Gasteiger partial charge is 0.160 e. The fraction of sp³-hybridized carbons (Fsp3) is 0.471. The van der Waals surface area contributed by atoms with E-state index >= 15 is 0 Å². The minimum absolute atomic E-state index is 0.248. The highest BCUT2D eigenvalue weighted by Crippen LogP contribution is 2.23. The highest BCUT2D eigenvalue weighted by atomic mass is 15.3. The zero-order valence-electron chi connectivity index (χ0n) is 14.4. The topological polar surface area (TPSA) is 65.5 Å². The summed E-state index contributed by atoms with van der Waals surface area (Å²) in [4.78, 5) is 4.56. The number of hydrogen-bond donors (Lipinski definition) is 1. The molecule has 0 radical (unpaired) electrons. The molecule has 0 amide bonds. The van der Waals surface area contributed by atoms with Crippen molar-refractivity contribution >= 4 is 0 Å². The molecule has 3 aromatic heterocycles. The van der Waals surface area contributed by atoms with Gasteiger partial charge in [-0.1, -0.05) is 0 Å². The van der Waals surface area contributed by atoms with Crippen molar-refractivity contribution in [3.05, 3.63) is 41.6 Å². The van der Waals surface area contributed by atoms with Crippen LogP contribution in [0.3, 0.4) is 0 Å². The van der Waals surface area contributed by atoms with E-state index in [1.807, 2.05) is 19.3 Å². The third-order valence-electron chi connectivity index (χ3n) is 4.58. The Morgan fingerprint density at radius 1 is 1.25 bits per heavy atom. The Labute approximate surface area is 141 Å². The fourth-order valence-corrected chi connectivity index (χ4v) is 3.37. The van der Waals surface area contributed by atoms with Crippen LogP contribution in [0.4, 0.5) is 0 Å². The maximum Gasteiger partial charge on any atom is 0.160 e. The predicted molar refractivity (Wildman–Crippen MR) is 91.6 cm³/mol. The third kappa shape index (κ3) is 2.65. The normalized spacial score (nSPS) is 15.5. The van der Waals surface area contributed by atoms with Gasteiger partial charge in [0, 0.05) is 31.2 Å². The van der Waals surface area contributed by atoms with Gasteiger partial charge in [-0.25, -0.2) is 4.98 Å². The van der Waals surface area contributed by atoms with E-state index in [1.54, 1.807) is 0 Å². The number of imidazole rings is 1. The van der Waals surface area contributed by atoms with Crippen molar-refractivity contribution in [2.24, 2.45) is 0 Å². The standard InChI is InChI=1S/C17H23N7/c1-12-8-13(2)24(20-12)11-14(3)22-6-5-19-17(22)16-9-15-10-18-4-7-23(15)21-16/h5-6,8-9,14,18H,4,7,10-11H2,1-3H3. The zero-order valence-corrected chi connectivity index (χ0v) is 14.4. The highest BCUT2D eigenvalue weighted by molar-refractivity contribution is 5.50. The van der Waals surface area contributed by atoms with Crippen molar-refractivity contribution < 1.29 is 0 Å². The van der Waals surface area contributed by atoms with Crippen molar-refractivity contribution in [2.45, 2.75) is 46.4 Å². The van der Waals surface area contributed by atoms with Crippen LogP contribution in [0.15, 0.2) is 24.5 Å². The molecule has 3 aromatic rings. The Hall–Kier alpha value is -2.41. The van der Waals surface area contributed by atoms with Crippen LogP contribution in [-0.4, -0.2) is 35.7 Å². The van der Waals surface area contributed by atoms with E-state index in [1.165, 1.54) is 11.4 Å². The van der Waals surface area contributed by atoms with Crippen molar-refractivity contribution in [3.63, 3.8) is 0 Å². The molecule has 4 rings (SSSR count). The number of fused-ring (bicyclic) bond motifs is 1. The average Bonchev–Trinajstić information content (AvgIpc) is 3.25. The second-order valence-corrected chi connectivity index (χ2v) is 6.54. The average molecular weight is 325 g/mol. The van der Waals surface area contributed by atoms with Crippen LogP contribution in [0, 0.1) is 13.8 Å². The minimum Gasteiger partial charge on any atom is -0.325 e.